The summed E-state index contributed by atoms with van der Waals surface area (Å²) < 4.78 is 20.5. The average Bonchev–Trinajstić information content (AvgIpc) is 2.05. The minimum atomic E-state index is -3.75. The number of phosphoric ester groups is 1. The number of phosphoric acid groups is 1. The second kappa shape index (κ2) is 10.2. The van der Waals surface area contributed by atoms with E-state index in [1.807, 2.05) is 13.8 Å². The summed E-state index contributed by atoms with van der Waals surface area (Å²) in [6.07, 6.45) is 3.44. The fourth-order valence-corrected chi connectivity index (χ4v) is 1.48. The van der Waals surface area contributed by atoms with Crippen LogP contribution in [-0.4, -0.2) is 37.0 Å². The molecule has 0 rings (SSSR count). The Bertz CT molecular complexity index is 151. The topological polar surface area (TPSA) is 55.8 Å². The molecule has 1 N–H and O–H groups in total. The molecule has 0 heterocycles. The number of hydrogen-bond acceptors (Lipinski definition) is 3. The molecule has 0 bridgehead atoms. The first-order valence-corrected chi connectivity index (χ1v) is 6.23. The molecule has 0 unspecified atom stereocenters. The van der Waals surface area contributed by atoms with Crippen molar-refractivity contribution in [1.82, 2.24) is 0 Å². The summed E-state index contributed by atoms with van der Waals surface area (Å²) in [7, 11) is -3.75. The minimum absolute atomic E-state index is 0. The fraction of sp³-hybridized carbons (Fsp3) is 1.00. The second-order valence-corrected chi connectivity index (χ2v) is 4.30. The van der Waals surface area contributed by atoms with Crippen LogP contribution in [0.15, 0.2) is 0 Å². The molecule has 0 aromatic heterocycles. The Kier molecular flexibility index (Phi) is 12.5. The van der Waals surface area contributed by atoms with Gasteiger partial charge in [0.1, 0.15) is 0 Å². The van der Waals surface area contributed by atoms with Gasteiger partial charge in [-0.15, -0.1) is 0 Å². The van der Waals surface area contributed by atoms with Crippen molar-refractivity contribution in [2.75, 3.05) is 13.2 Å². The van der Waals surface area contributed by atoms with Crippen molar-refractivity contribution in [3.8, 4) is 0 Å². The van der Waals surface area contributed by atoms with Crippen molar-refractivity contribution in [3.63, 3.8) is 0 Å². The first-order chi connectivity index (χ1) is 6.12. The quantitative estimate of drug-likeness (QED) is 0.385. The third-order valence-corrected chi connectivity index (χ3v) is 2.52. The van der Waals surface area contributed by atoms with Crippen molar-refractivity contribution in [1.29, 1.82) is 0 Å². The molecule has 0 atom stereocenters. The Morgan fingerprint density at radius 1 is 1.07 bits per heavy atom. The molecular weight excluding hydrogens is 198 g/mol. The van der Waals surface area contributed by atoms with Gasteiger partial charge in [0.15, 0.2) is 0 Å². The molecule has 0 spiro atoms. The molecule has 0 aliphatic rings. The van der Waals surface area contributed by atoms with Crippen LogP contribution in [-0.2, 0) is 13.6 Å². The summed E-state index contributed by atoms with van der Waals surface area (Å²) in [6, 6.07) is 0. The summed E-state index contributed by atoms with van der Waals surface area (Å²) in [5.41, 5.74) is 0. The van der Waals surface area contributed by atoms with Crippen LogP contribution in [0.25, 0.3) is 0 Å². The number of unbranched alkanes of at least 4 members (excludes halogenated alkanes) is 2. The zero-order valence-corrected chi connectivity index (χ0v) is 9.26. The van der Waals surface area contributed by atoms with Gasteiger partial charge >= 0.3 is 26.7 Å². The van der Waals surface area contributed by atoms with E-state index in [1.165, 1.54) is 0 Å². The van der Waals surface area contributed by atoms with Crippen molar-refractivity contribution >= 4 is 26.7 Å². The van der Waals surface area contributed by atoms with E-state index in [1.54, 1.807) is 0 Å². The van der Waals surface area contributed by atoms with Gasteiger partial charge in [-0.25, -0.2) is 4.57 Å². The van der Waals surface area contributed by atoms with E-state index in [0.29, 0.717) is 0 Å². The molecule has 4 nitrogen and oxygen atoms in total. The predicted molar refractivity (Wildman–Crippen MR) is 58.7 cm³/mol. The molecule has 0 saturated carbocycles. The van der Waals surface area contributed by atoms with E-state index < -0.39 is 7.82 Å². The second-order valence-electron chi connectivity index (χ2n) is 2.84. The maximum atomic E-state index is 11.1. The van der Waals surface area contributed by atoms with E-state index in [-0.39, 0.29) is 32.1 Å². The van der Waals surface area contributed by atoms with Crippen LogP contribution in [0.1, 0.15) is 39.5 Å². The summed E-state index contributed by atoms with van der Waals surface area (Å²) in [5.74, 6) is 0. The van der Waals surface area contributed by atoms with Gasteiger partial charge in [-0.3, -0.25) is 9.05 Å². The Labute approximate surface area is 98.2 Å². The third kappa shape index (κ3) is 10.8. The molecule has 0 amide bonds. The van der Waals surface area contributed by atoms with Gasteiger partial charge in [0, 0.05) is 0 Å². The summed E-state index contributed by atoms with van der Waals surface area (Å²) in [4.78, 5) is 9.08. The molecule has 0 aliphatic carbocycles. The standard InChI is InChI=1S/C8H19O4P.Li.H/c1-3-5-7-11-13(9,10)12-8-6-4-2;;/h3-8H2,1-2H3,(H,9,10);;. The molecule has 14 heavy (non-hydrogen) atoms. The SMILES string of the molecule is CCCCOP(=O)(O)OCCCC.[LiH]. The van der Waals surface area contributed by atoms with Crippen molar-refractivity contribution in [2.24, 2.45) is 0 Å². The zero-order valence-electron chi connectivity index (χ0n) is 8.36. The Hall–Kier alpha value is 0.707. The Balaban J connectivity index is 0. The van der Waals surface area contributed by atoms with Crippen LogP contribution in [0.5, 0.6) is 0 Å². The zero-order chi connectivity index (χ0) is 10.2. The molecule has 0 aliphatic heterocycles. The van der Waals surface area contributed by atoms with Crippen molar-refractivity contribution in [3.05, 3.63) is 0 Å². The summed E-state index contributed by atoms with van der Waals surface area (Å²) >= 11 is 0. The number of hydrogen-bond donors (Lipinski definition) is 1. The van der Waals surface area contributed by atoms with Crippen LogP contribution < -0.4 is 0 Å². The first-order valence-electron chi connectivity index (χ1n) is 4.74. The Morgan fingerprint density at radius 3 is 1.71 bits per heavy atom. The summed E-state index contributed by atoms with van der Waals surface area (Å²) in [5, 5.41) is 0. The first kappa shape index (κ1) is 17.1. The van der Waals surface area contributed by atoms with Gasteiger partial charge in [-0.05, 0) is 12.8 Å². The van der Waals surface area contributed by atoms with E-state index >= 15 is 0 Å². The molecule has 82 valence electrons. The monoisotopic (exact) mass is 218 g/mol. The van der Waals surface area contributed by atoms with E-state index in [0.717, 1.165) is 25.7 Å². The van der Waals surface area contributed by atoms with Gasteiger partial charge in [0.05, 0.1) is 13.2 Å². The molecule has 0 fully saturated rings. The normalized spacial score (nSPS) is 11.1. The summed E-state index contributed by atoms with van der Waals surface area (Å²) in [6.45, 7) is 4.56. The molecule has 0 radical (unpaired) electrons. The average molecular weight is 218 g/mol. The van der Waals surface area contributed by atoms with Crippen LogP contribution in [0.3, 0.4) is 0 Å². The van der Waals surface area contributed by atoms with Gasteiger partial charge < -0.3 is 4.89 Å². The maximum absolute atomic E-state index is 11.1. The molecule has 0 saturated heterocycles. The fourth-order valence-electron chi connectivity index (χ4n) is 0.686. The van der Waals surface area contributed by atoms with Gasteiger partial charge in [-0.1, -0.05) is 26.7 Å². The molecule has 6 heteroatoms. The van der Waals surface area contributed by atoms with E-state index in [2.05, 4.69) is 0 Å². The van der Waals surface area contributed by atoms with Crippen LogP contribution >= 0.6 is 7.82 Å². The Morgan fingerprint density at radius 2 is 1.43 bits per heavy atom. The van der Waals surface area contributed by atoms with E-state index in [9.17, 15) is 4.57 Å². The van der Waals surface area contributed by atoms with E-state index in [4.69, 9.17) is 13.9 Å². The number of rotatable bonds is 8. The van der Waals surface area contributed by atoms with Crippen molar-refractivity contribution < 1.29 is 18.5 Å². The van der Waals surface area contributed by atoms with Crippen LogP contribution in [0, 0.1) is 0 Å². The molecule has 0 aromatic carbocycles. The van der Waals surface area contributed by atoms with Crippen LogP contribution in [0.4, 0.5) is 0 Å². The van der Waals surface area contributed by atoms with Gasteiger partial charge in [-0.2, -0.15) is 0 Å². The van der Waals surface area contributed by atoms with Crippen molar-refractivity contribution in [2.45, 2.75) is 39.5 Å². The van der Waals surface area contributed by atoms with Gasteiger partial charge in [0.25, 0.3) is 0 Å². The predicted octanol–water partition coefficient (Wildman–Crippen LogP) is 2.07. The van der Waals surface area contributed by atoms with Gasteiger partial charge in [0.2, 0.25) is 0 Å². The van der Waals surface area contributed by atoms with Crippen LogP contribution in [0.2, 0.25) is 0 Å². The third-order valence-electron chi connectivity index (χ3n) is 1.50. The molecular formula is C8H20LiO4P. The molecule has 0 aromatic rings.